The van der Waals surface area contributed by atoms with Gasteiger partial charge in [-0.15, -0.1) is 0 Å². The number of nitrogens with one attached hydrogen (secondary N) is 1. The lowest BCUT2D eigenvalue weighted by Crippen LogP contribution is -2.52. The van der Waals surface area contributed by atoms with E-state index in [4.69, 9.17) is 10.00 Å². The summed E-state index contributed by atoms with van der Waals surface area (Å²) in [5.41, 5.74) is 5.05. The summed E-state index contributed by atoms with van der Waals surface area (Å²) in [6.45, 7) is 3.25. The molecule has 1 N–H and O–H groups in total. The minimum atomic E-state index is -0.0404. The molecule has 2 aliphatic rings. The smallest absolute Gasteiger partial charge is 0.319 e. The summed E-state index contributed by atoms with van der Waals surface area (Å²) >= 11 is 0. The van der Waals surface area contributed by atoms with Crippen LogP contribution in [0.4, 0.5) is 4.79 Å². The number of nitriles is 1. The molecule has 0 spiro atoms. The van der Waals surface area contributed by atoms with Crippen LogP contribution in [0.5, 0.6) is 5.75 Å². The van der Waals surface area contributed by atoms with Crippen LogP contribution in [0.3, 0.4) is 0 Å². The molecule has 0 unspecified atom stereocenters. The maximum Gasteiger partial charge on any atom is 0.319 e. The van der Waals surface area contributed by atoms with Crippen LogP contribution in [-0.2, 0) is 11.3 Å². The number of urea groups is 1. The van der Waals surface area contributed by atoms with Crippen LogP contribution >= 0.6 is 0 Å². The minimum absolute atomic E-state index is 0.0148. The van der Waals surface area contributed by atoms with E-state index >= 15 is 0 Å². The number of hydrogen-bond acceptors (Lipinski definition) is 5. The average molecular weight is 580 g/mol. The van der Waals surface area contributed by atoms with Crippen molar-refractivity contribution in [3.05, 3.63) is 89.5 Å². The molecule has 224 valence electrons. The first kappa shape index (κ1) is 30.1. The second kappa shape index (κ2) is 13.7. The molecule has 0 aromatic heterocycles. The van der Waals surface area contributed by atoms with Crippen molar-refractivity contribution in [1.29, 1.82) is 5.26 Å². The van der Waals surface area contributed by atoms with E-state index < -0.39 is 0 Å². The van der Waals surface area contributed by atoms with Gasteiger partial charge in [-0.25, -0.2) is 4.79 Å². The fraction of sp³-hybridized carbons (Fsp3) is 0.400. The highest BCUT2D eigenvalue weighted by molar-refractivity contribution is 5.80. The molecule has 2 saturated heterocycles. The number of likely N-dealkylation sites (tertiary alicyclic amines) is 2. The molecule has 3 aromatic rings. The van der Waals surface area contributed by atoms with Gasteiger partial charge in [0.05, 0.1) is 18.7 Å². The van der Waals surface area contributed by atoms with E-state index in [1.165, 1.54) is 5.56 Å². The summed E-state index contributed by atoms with van der Waals surface area (Å²) in [5.74, 6) is 1.16. The lowest BCUT2D eigenvalue weighted by molar-refractivity contribution is -0.138. The summed E-state index contributed by atoms with van der Waals surface area (Å²) in [5, 5.41) is 13.0. The zero-order valence-electron chi connectivity index (χ0n) is 25.3. The van der Waals surface area contributed by atoms with E-state index in [0.29, 0.717) is 51.1 Å². The summed E-state index contributed by atoms with van der Waals surface area (Å²) in [4.78, 5) is 31.5. The minimum Gasteiger partial charge on any atom is -0.496 e. The van der Waals surface area contributed by atoms with Crippen molar-refractivity contribution in [3.63, 3.8) is 0 Å². The molecule has 2 aliphatic heterocycles. The molecule has 0 bridgehead atoms. The van der Waals surface area contributed by atoms with Crippen LogP contribution < -0.4 is 10.1 Å². The quantitative estimate of drug-likeness (QED) is 0.421. The highest BCUT2D eigenvalue weighted by Crippen LogP contribution is 2.32. The van der Waals surface area contributed by atoms with E-state index in [1.807, 2.05) is 47.4 Å². The maximum absolute atomic E-state index is 13.7. The van der Waals surface area contributed by atoms with Gasteiger partial charge in [0.2, 0.25) is 5.91 Å². The Bertz CT molecular complexity index is 1440. The Kier molecular flexibility index (Phi) is 9.63. The van der Waals surface area contributed by atoms with Gasteiger partial charge in [-0.1, -0.05) is 48.5 Å². The van der Waals surface area contributed by atoms with Gasteiger partial charge in [0.25, 0.3) is 0 Å². The Morgan fingerprint density at radius 1 is 0.930 bits per heavy atom. The van der Waals surface area contributed by atoms with Crippen molar-refractivity contribution < 1.29 is 14.3 Å². The number of methoxy groups -OCH3 is 1. The van der Waals surface area contributed by atoms with Gasteiger partial charge in [0, 0.05) is 70.3 Å². The first-order chi connectivity index (χ1) is 20.9. The monoisotopic (exact) mass is 579 g/mol. The van der Waals surface area contributed by atoms with Crippen LogP contribution in [0.25, 0.3) is 11.1 Å². The van der Waals surface area contributed by atoms with Gasteiger partial charge in [-0.2, -0.15) is 5.26 Å². The predicted octanol–water partition coefficient (Wildman–Crippen LogP) is 5.10. The Balaban J connectivity index is 1.28. The average Bonchev–Trinajstić information content (AvgIpc) is 3.07. The summed E-state index contributed by atoms with van der Waals surface area (Å²) < 4.78 is 5.71. The lowest BCUT2D eigenvalue weighted by atomic mass is 9.84. The van der Waals surface area contributed by atoms with Crippen molar-refractivity contribution in [3.8, 4) is 22.9 Å². The Labute approximate surface area is 254 Å². The number of rotatable bonds is 7. The summed E-state index contributed by atoms with van der Waals surface area (Å²) in [6, 6.07) is 26.7. The van der Waals surface area contributed by atoms with Gasteiger partial charge in [-0.3, -0.25) is 4.79 Å². The van der Waals surface area contributed by atoms with Crippen LogP contribution in [0.1, 0.15) is 41.9 Å². The summed E-state index contributed by atoms with van der Waals surface area (Å²) in [6.07, 6.45) is 2.27. The van der Waals surface area contributed by atoms with Gasteiger partial charge in [0.1, 0.15) is 5.75 Å². The van der Waals surface area contributed by atoms with Gasteiger partial charge < -0.3 is 24.8 Å². The second-order valence-corrected chi connectivity index (χ2v) is 11.7. The first-order valence-electron chi connectivity index (χ1n) is 15.1. The zero-order valence-corrected chi connectivity index (χ0v) is 25.3. The van der Waals surface area contributed by atoms with Crippen molar-refractivity contribution in [1.82, 2.24) is 20.0 Å². The Hall–Kier alpha value is -4.35. The highest BCUT2D eigenvalue weighted by atomic mass is 16.5. The summed E-state index contributed by atoms with van der Waals surface area (Å²) in [7, 11) is 5.23. The second-order valence-electron chi connectivity index (χ2n) is 11.7. The normalized spacial score (nSPS) is 19.0. The molecule has 0 saturated carbocycles. The zero-order chi connectivity index (χ0) is 30.3. The van der Waals surface area contributed by atoms with Gasteiger partial charge in [0.15, 0.2) is 0 Å². The molecule has 8 heteroatoms. The molecular weight excluding hydrogens is 538 g/mol. The Morgan fingerprint density at radius 3 is 2.26 bits per heavy atom. The third-order valence-electron chi connectivity index (χ3n) is 8.83. The fourth-order valence-electron chi connectivity index (χ4n) is 6.37. The number of carbonyl (C=O) groups excluding carboxylic acids is 2. The SMILES string of the molecule is COc1ccc(-c2ccc(C#N)cc2)cc1CN[C@H]1CCN(C(=O)C2CCN(C(=O)N(C)C)CC2)C[C@H]1c1ccccc1. The third kappa shape index (κ3) is 7.00. The number of amides is 3. The third-order valence-corrected chi connectivity index (χ3v) is 8.83. The number of carbonyl (C=O) groups is 2. The van der Waals surface area contributed by atoms with E-state index in [9.17, 15) is 9.59 Å². The molecule has 3 amide bonds. The van der Waals surface area contributed by atoms with Crippen molar-refractivity contribution in [2.45, 2.75) is 37.8 Å². The van der Waals surface area contributed by atoms with E-state index in [-0.39, 0.29) is 29.8 Å². The number of piperidine rings is 2. The largest absolute Gasteiger partial charge is 0.496 e. The molecule has 2 heterocycles. The molecule has 5 rings (SSSR count). The molecule has 0 radical (unpaired) electrons. The lowest BCUT2D eigenvalue weighted by Gasteiger charge is -2.42. The number of ether oxygens (including phenoxy) is 1. The molecular formula is C35H41N5O3. The van der Waals surface area contributed by atoms with Crippen LogP contribution in [0.2, 0.25) is 0 Å². The molecule has 0 aliphatic carbocycles. The standard InChI is InChI=1S/C35H41N5O3/c1-38(2)35(42)39-18-15-28(16-19-39)34(41)40-20-17-32(31(24-40)27-7-5-4-6-8-27)37-23-30-21-29(13-14-33(30)43-3)26-11-9-25(22-36)10-12-26/h4-14,21,28,31-32,37H,15-20,23-24H2,1-3H3/t31-,32-/m0/s1. The predicted molar refractivity (Wildman–Crippen MR) is 168 cm³/mol. The molecule has 2 atom stereocenters. The van der Waals surface area contributed by atoms with E-state index in [0.717, 1.165) is 28.9 Å². The fourth-order valence-corrected chi connectivity index (χ4v) is 6.37. The van der Waals surface area contributed by atoms with Crippen LogP contribution in [-0.4, -0.2) is 80.1 Å². The van der Waals surface area contributed by atoms with Crippen molar-refractivity contribution in [2.75, 3.05) is 47.4 Å². The number of hydrogen-bond donors (Lipinski definition) is 1. The van der Waals surface area contributed by atoms with E-state index in [2.05, 4.69) is 46.6 Å². The number of benzene rings is 3. The highest BCUT2D eigenvalue weighted by Gasteiger charge is 2.36. The van der Waals surface area contributed by atoms with Crippen molar-refractivity contribution >= 4 is 11.9 Å². The molecule has 3 aromatic carbocycles. The molecule has 2 fully saturated rings. The number of nitrogens with zero attached hydrogens (tertiary/aromatic N) is 4. The molecule has 43 heavy (non-hydrogen) atoms. The first-order valence-corrected chi connectivity index (χ1v) is 15.1. The Morgan fingerprint density at radius 2 is 1.60 bits per heavy atom. The van der Waals surface area contributed by atoms with Crippen LogP contribution in [0, 0.1) is 17.2 Å². The maximum atomic E-state index is 13.7. The molecule has 8 nitrogen and oxygen atoms in total. The van der Waals surface area contributed by atoms with Crippen LogP contribution in [0.15, 0.2) is 72.8 Å². The van der Waals surface area contributed by atoms with E-state index in [1.54, 1.807) is 26.1 Å². The van der Waals surface area contributed by atoms with Crippen molar-refractivity contribution in [2.24, 2.45) is 5.92 Å². The van der Waals surface area contributed by atoms with Gasteiger partial charge in [-0.05, 0) is 60.2 Å². The topological polar surface area (TPSA) is 88.9 Å². The van der Waals surface area contributed by atoms with Gasteiger partial charge >= 0.3 is 6.03 Å².